The number of likely N-dealkylation sites (tertiary alicyclic amines) is 2. The molecule has 3 aliphatic rings. The molecule has 1 spiro atoms. The molecule has 152 valence electrons. The fraction of sp³-hybridized carbons (Fsp3) is 0.682. The zero-order valence-corrected chi connectivity index (χ0v) is 16.6. The molecule has 28 heavy (non-hydrogen) atoms. The van der Waals surface area contributed by atoms with Crippen LogP contribution in [0.1, 0.15) is 44.1 Å². The third-order valence-electron chi connectivity index (χ3n) is 6.85. The molecule has 3 aliphatic heterocycles. The summed E-state index contributed by atoms with van der Waals surface area (Å²) < 4.78 is 5.39. The van der Waals surface area contributed by atoms with E-state index in [0.717, 1.165) is 64.7 Å². The van der Waals surface area contributed by atoms with E-state index in [1.165, 1.54) is 5.56 Å². The molecule has 0 aliphatic carbocycles. The molecular formula is C22H31N3O3. The first-order valence-electron chi connectivity index (χ1n) is 10.7. The standard InChI is InChI=1S/C22H31N3O3/c26-20-3-7-22(17-25(20)11-4-18-2-1-10-23-16-18)8-12-24(13-9-22)21(27)19-5-14-28-15-6-19/h1-2,10,16,19H,3-9,11-15,17H2. The molecule has 3 saturated heterocycles. The number of rotatable bonds is 4. The number of nitrogens with zero attached hydrogens (tertiary/aromatic N) is 3. The van der Waals surface area contributed by atoms with Gasteiger partial charge in [-0.15, -0.1) is 0 Å². The first-order chi connectivity index (χ1) is 13.7. The molecule has 3 fully saturated rings. The summed E-state index contributed by atoms with van der Waals surface area (Å²) in [5.74, 6) is 0.736. The van der Waals surface area contributed by atoms with Gasteiger partial charge >= 0.3 is 0 Å². The van der Waals surface area contributed by atoms with Gasteiger partial charge < -0.3 is 14.5 Å². The van der Waals surface area contributed by atoms with E-state index < -0.39 is 0 Å². The van der Waals surface area contributed by atoms with Crippen molar-refractivity contribution in [2.24, 2.45) is 11.3 Å². The Morgan fingerprint density at radius 2 is 2.00 bits per heavy atom. The molecule has 4 rings (SSSR count). The summed E-state index contributed by atoms with van der Waals surface area (Å²) in [7, 11) is 0. The number of piperidine rings is 2. The van der Waals surface area contributed by atoms with Crippen LogP contribution in [-0.4, -0.2) is 66.0 Å². The lowest BCUT2D eigenvalue weighted by molar-refractivity contribution is -0.145. The van der Waals surface area contributed by atoms with Crippen LogP contribution in [0.2, 0.25) is 0 Å². The van der Waals surface area contributed by atoms with Gasteiger partial charge in [0.25, 0.3) is 0 Å². The molecule has 1 aromatic heterocycles. The highest BCUT2D eigenvalue weighted by atomic mass is 16.5. The number of pyridine rings is 1. The van der Waals surface area contributed by atoms with Crippen molar-refractivity contribution in [3.8, 4) is 0 Å². The highest BCUT2D eigenvalue weighted by molar-refractivity contribution is 5.79. The van der Waals surface area contributed by atoms with Crippen LogP contribution < -0.4 is 0 Å². The number of hydrogen-bond donors (Lipinski definition) is 0. The second-order valence-corrected chi connectivity index (χ2v) is 8.64. The Balaban J connectivity index is 1.31. The van der Waals surface area contributed by atoms with E-state index in [9.17, 15) is 9.59 Å². The highest BCUT2D eigenvalue weighted by Gasteiger charge is 2.42. The van der Waals surface area contributed by atoms with Crippen molar-refractivity contribution in [3.05, 3.63) is 30.1 Å². The normalized spacial score (nSPS) is 23.2. The topological polar surface area (TPSA) is 62.7 Å². The summed E-state index contributed by atoms with van der Waals surface area (Å²) in [5.41, 5.74) is 1.36. The Hall–Kier alpha value is -1.95. The molecule has 0 saturated carbocycles. The number of amides is 2. The summed E-state index contributed by atoms with van der Waals surface area (Å²) in [6, 6.07) is 4.01. The minimum absolute atomic E-state index is 0.145. The smallest absolute Gasteiger partial charge is 0.225 e. The quantitative estimate of drug-likeness (QED) is 0.798. The van der Waals surface area contributed by atoms with Crippen molar-refractivity contribution < 1.29 is 14.3 Å². The lowest BCUT2D eigenvalue weighted by atomic mass is 9.72. The Morgan fingerprint density at radius 1 is 1.21 bits per heavy atom. The van der Waals surface area contributed by atoms with E-state index in [1.54, 1.807) is 6.20 Å². The van der Waals surface area contributed by atoms with Gasteiger partial charge in [-0.3, -0.25) is 14.6 Å². The zero-order chi connectivity index (χ0) is 19.4. The Kier molecular flexibility index (Phi) is 5.95. The number of carbonyl (C=O) groups excluding carboxylic acids is 2. The molecule has 6 heteroatoms. The summed E-state index contributed by atoms with van der Waals surface area (Å²) in [6.45, 7) is 4.69. The summed E-state index contributed by atoms with van der Waals surface area (Å²) in [5, 5.41) is 0. The lowest BCUT2D eigenvalue weighted by Gasteiger charge is -2.48. The van der Waals surface area contributed by atoms with Crippen molar-refractivity contribution >= 4 is 11.8 Å². The van der Waals surface area contributed by atoms with Crippen LogP contribution in [0.5, 0.6) is 0 Å². The van der Waals surface area contributed by atoms with Gasteiger partial charge in [-0.1, -0.05) is 6.07 Å². The average Bonchev–Trinajstić information content (AvgIpc) is 2.76. The summed E-state index contributed by atoms with van der Waals surface area (Å²) in [4.78, 5) is 33.5. The second kappa shape index (κ2) is 8.60. The predicted octanol–water partition coefficient (Wildman–Crippen LogP) is 2.28. The molecule has 0 aromatic carbocycles. The molecule has 0 atom stereocenters. The molecule has 0 N–H and O–H groups in total. The molecule has 4 heterocycles. The maximum atomic E-state index is 12.8. The second-order valence-electron chi connectivity index (χ2n) is 8.64. The van der Waals surface area contributed by atoms with Crippen LogP contribution in [0.15, 0.2) is 24.5 Å². The molecule has 0 unspecified atom stereocenters. The van der Waals surface area contributed by atoms with Crippen molar-refractivity contribution in [2.45, 2.75) is 44.9 Å². The number of ether oxygens (including phenoxy) is 1. The Bertz CT molecular complexity index is 680. The fourth-order valence-corrected chi connectivity index (χ4v) is 4.93. The van der Waals surface area contributed by atoms with E-state index in [0.29, 0.717) is 25.5 Å². The Labute approximate surface area is 167 Å². The van der Waals surface area contributed by atoms with Crippen LogP contribution in [0.3, 0.4) is 0 Å². The monoisotopic (exact) mass is 385 g/mol. The predicted molar refractivity (Wildman–Crippen MR) is 106 cm³/mol. The van der Waals surface area contributed by atoms with Gasteiger partial charge in [0.1, 0.15) is 0 Å². The molecule has 6 nitrogen and oxygen atoms in total. The van der Waals surface area contributed by atoms with E-state index in [1.807, 2.05) is 17.2 Å². The van der Waals surface area contributed by atoms with Crippen LogP contribution in [-0.2, 0) is 20.7 Å². The highest BCUT2D eigenvalue weighted by Crippen LogP contribution is 2.40. The van der Waals surface area contributed by atoms with Crippen LogP contribution in [0.25, 0.3) is 0 Å². The van der Waals surface area contributed by atoms with E-state index in [4.69, 9.17) is 4.74 Å². The summed E-state index contributed by atoms with van der Waals surface area (Å²) in [6.07, 6.45) is 9.86. The molecule has 0 radical (unpaired) electrons. The molecule has 1 aromatic rings. The van der Waals surface area contributed by atoms with Crippen molar-refractivity contribution in [1.82, 2.24) is 14.8 Å². The van der Waals surface area contributed by atoms with Gasteiger partial charge in [0.15, 0.2) is 0 Å². The van der Waals surface area contributed by atoms with Crippen molar-refractivity contribution in [1.29, 1.82) is 0 Å². The Morgan fingerprint density at radius 3 is 2.71 bits per heavy atom. The van der Waals surface area contributed by atoms with Gasteiger partial charge in [-0.2, -0.15) is 0 Å². The first-order valence-corrected chi connectivity index (χ1v) is 10.7. The molecule has 2 amide bonds. The van der Waals surface area contributed by atoms with E-state index >= 15 is 0 Å². The lowest BCUT2D eigenvalue weighted by Crippen LogP contribution is -2.53. The van der Waals surface area contributed by atoms with Gasteiger partial charge in [-0.05, 0) is 55.6 Å². The van der Waals surface area contributed by atoms with Gasteiger partial charge in [0.2, 0.25) is 11.8 Å². The maximum Gasteiger partial charge on any atom is 0.225 e. The third kappa shape index (κ3) is 4.37. The number of hydrogen-bond acceptors (Lipinski definition) is 4. The largest absolute Gasteiger partial charge is 0.381 e. The van der Waals surface area contributed by atoms with Gasteiger partial charge in [0, 0.05) is 64.1 Å². The van der Waals surface area contributed by atoms with Crippen molar-refractivity contribution in [3.63, 3.8) is 0 Å². The minimum Gasteiger partial charge on any atom is -0.381 e. The SMILES string of the molecule is O=C1CCC2(CCN(C(=O)C3CCOCC3)CC2)CN1CCc1cccnc1. The van der Waals surface area contributed by atoms with Crippen LogP contribution in [0.4, 0.5) is 0 Å². The fourth-order valence-electron chi connectivity index (χ4n) is 4.93. The molecular weight excluding hydrogens is 354 g/mol. The van der Waals surface area contributed by atoms with Crippen LogP contribution in [0, 0.1) is 11.3 Å². The molecule has 0 bridgehead atoms. The average molecular weight is 386 g/mol. The first kappa shape index (κ1) is 19.4. The van der Waals surface area contributed by atoms with Gasteiger partial charge in [-0.25, -0.2) is 0 Å². The van der Waals surface area contributed by atoms with Crippen LogP contribution >= 0.6 is 0 Å². The third-order valence-corrected chi connectivity index (χ3v) is 6.85. The maximum absolute atomic E-state index is 12.8. The zero-order valence-electron chi connectivity index (χ0n) is 16.6. The van der Waals surface area contributed by atoms with E-state index in [-0.39, 0.29) is 17.2 Å². The minimum atomic E-state index is 0.145. The number of carbonyl (C=O) groups is 2. The number of aromatic nitrogens is 1. The summed E-state index contributed by atoms with van der Waals surface area (Å²) >= 11 is 0. The van der Waals surface area contributed by atoms with Crippen molar-refractivity contribution in [2.75, 3.05) is 39.4 Å². The van der Waals surface area contributed by atoms with Gasteiger partial charge in [0.05, 0.1) is 0 Å². The van der Waals surface area contributed by atoms with E-state index in [2.05, 4.69) is 16.0 Å².